The molecular weight excluding hydrogens is 404 g/mol. The first kappa shape index (κ1) is 18.8. The van der Waals surface area contributed by atoms with Crippen LogP contribution in [0.25, 0.3) is 5.70 Å². The van der Waals surface area contributed by atoms with Gasteiger partial charge in [-0.15, -0.1) is 0 Å². The highest BCUT2D eigenvalue weighted by atomic mass is 16.5. The fourth-order valence-corrected chi connectivity index (χ4v) is 5.25. The molecule has 2 aromatic carbocycles. The second kappa shape index (κ2) is 6.54. The van der Waals surface area contributed by atoms with Crippen LogP contribution < -0.4 is 20.5 Å². The van der Waals surface area contributed by atoms with E-state index in [1.165, 1.54) is 0 Å². The second-order valence-corrected chi connectivity index (χ2v) is 8.57. The Bertz CT molecular complexity index is 1300. The zero-order valence-corrected chi connectivity index (χ0v) is 17.7. The number of carbonyl (C=O) groups excluding carboxylic acids is 1. The largest absolute Gasteiger partial charge is 0.490 e. The predicted molar refractivity (Wildman–Crippen MR) is 119 cm³/mol. The van der Waals surface area contributed by atoms with E-state index in [4.69, 9.17) is 15.2 Å². The van der Waals surface area contributed by atoms with Gasteiger partial charge in [0.05, 0.1) is 18.8 Å². The van der Waals surface area contributed by atoms with Crippen molar-refractivity contribution in [3.63, 3.8) is 0 Å². The van der Waals surface area contributed by atoms with Crippen LogP contribution >= 0.6 is 0 Å². The van der Waals surface area contributed by atoms with Crippen LogP contribution in [-0.4, -0.2) is 30.6 Å². The number of aryl methyl sites for hydroxylation is 1. The molecule has 7 nitrogen and oxygen atoms in total. The topological polar surface area (TPSA) is 101 Å². The normalized spacial score (nSPS) is 22.9. The maximum atomic E-state index is 13.5. The third-order valence-corrected chi connectivity index (χ3v) is 6.85. The number of ether oxygens (including phenoxy) is 2. The summed E-state index contributed by atoms with van der Waals surface area (Å²) in [4.78, 5) is 15.4. The van der Waals surface area contributed by atoms with Crippen molar-refractivity contribution in [2.75, 3.05) is 25.1 Å². The van der Waals surface area contributed by atoms with Gasteiger partial charge < -0.3 is 25.4 Å². The molecule has 2 aromatic rings. The summed E-state index contributed by atoms with van der Waals surface area (Å²) < 4.78 is 11.8. The molecule has 0 aliphatic carbocycles. The van der Waals surface area contributed by atoms with Crippen LogP contribution in [0.2, 0.25) is 0 Å². The van der Waals surface area contributed by atoms with E-state index in [0.29, 0.717) is 31.3 Å². The molecule has 0 bridgehead atoms. The molecule has 4 heterocycles. The summed E-state index contributed by atoms with van der Waals surface area (Å²) in [5, 5.41) is 13.1. The minimum Gasteiger partial charge on any atom is -0.490 e. The average Bonchev–Trinajstić information content (AvgIpc) is 2.93. The number of rotatable bonds is 0. The Morgan fingerprint density at radius 3 is 2.78 bits per heavy atom. The lowest BCUT2D eigenvalue weighted by Crippen LogP contribution is -2.45. The molecule has 0 fully saturated rings. The number of anilines is 1. The standard InChI is InChI=1S/C25H22N4O3/c1-14-4-2-5-17-22(14)28-24(30)25(17)12-19-16-11-21-20(31-8-3-9-32-21)10-15(16)6-7-29(19)23(27)18(25)13-26/h2,4-5,10-12H,3,6-9,27H2,1H3,(H,28,30)/t25-/m0/s1. The van der Waals surface area contributed by atoms with Crippen molar-refractivity contribution < 1.29 is 14.3 Å². The summed E-state index contributed by atoms with van der Waals surface area (Å²) in [6, 6.07) is 12.0. The van der Waals surface area contributed by atoms with Gasteiger partial charge in [0.2, 0.25) is 5.91 Å². The first-order chi connectivity index (χ1) is 15.5. The van der Waals surface area contributed by atoms with Gasteiger partial charge in [-0.05, 0) is 42.7 Å². The third-order valence-electron chi connectivity index (χ3n) is 6.85. The zero-order valence-electron chi connectivity index (χ0n) is 17.7. The Morgan fingerprint density at radius 1 is 1.22 bits per heavy atom. The van der Waals surface area contributed by atoms with Gasteiger partial charge in [0, 0.05) is 35.5 Å². The minimum absolute atomic E-state index is 0.255. The van der Waals surface area contributed by atoms with Crippen LogP contribution in [0.3, 0.4) is 0 Å². The molecule has 0 saturated carbocycles. The lowest BCUT2D eigenvalue weighted by Gasteiger charge is -2.41. The summed E-state index contributed by atoms with van der Waals surface area (Å²) >= 11 is 0. The van der Waals surface area contributed by atoms with E-state index in [1.807, 2.05) is 48.2 Å². The third kappa shape index (κ3) is 2.32. The summed E-state index contributed by atoms with van der Waals surface area (Å²) in [6.45, 7) is 3.78. The van der Waals surface area contributed by atoms with Crippen molar-refractivity contribution >= 4 is 17.3 Å². The minimum atomic E-state index is -1.26. The van der Waals surface area contributed by atoms with Crippen molar-refractivity contribution in [1.29, 1.82) is 5.26 Å². The lowest BCUT2D eigenvalue weighted by atomic mass is 9.71. The van der Waals surface area contributed by atoms with Crippen LogP contribution in [0.5, 0.6) is 11.5 Å². The highest BCUT2D eigenvalue weighted by Gasteiger charge is 2.53. The van der Waals surface area contributed by atoms with Crippen molar-refractivity contribution in [3.8, 4) is 17.6 Å². The fourth-order valence-electron chi connectivity index (χ4n) is 5.25. The molecule has 0 saturated heterocycles. The summed E-state index contributed by atoms with van der Waals surface area (Å²) in [7, 11) is 0. The number of hydrogen-bond donors (Lipinski definition) is 2. The Balaban J connectivity index is 1.61. The molecule has 4 aliphatic heterocycles. The number of nitrogens with zero attached hydrogens (tertiary/aromatic N) is 2. The molecule has 7 heteroatoms. The number of benzene rings is 2. The maximum Gasteiger partial charge on any atom is 0.244 e. The number of nitriles is 1. The molecule has 32 heavy (non-hydrogen) atoms. The number of hydrogen-bond acceptors (Lipinski definition) is 6. The van der Waals surface area contributed by atoms with Gasteiger partial charge >= 0.3 is 0 Å². The Morgan fingerprint density at radius 2 is 2.00 bits per heavy atom. The van der Waals surface area contributed by atoms with Crippen LogP contribution in [-0.2, 0) is 16.6 Å². The van der Waals surface area contributed by atoms with Gasteiger partial charge in [-0.2, -0.15) is 5.26 Å². The van der Waals surface area contributed by atoms with Gasteiger partial charge in [0.1, 0.15) is 17.3 Å². The van der Waals surface area contributed by atoms with E-state index in [-0.39, 0.29) is 11.5 Å². The predicted octanol–water partition coefficient (Wildman–Crippen LogP) is 2.95. The van der Waals surface area contributed by atoms with E-state index >= 15 is 0 Å². The molecule has 160 valence electrons. The number of fused-ring (bicyclic) bond motifs is 6. The zero-order chi connectivity index (χ0) is 22.0. The first-order valence-corrected chi connectivity index (χ1v) is 10.8. The molecule has 0 unspecified atom stereocenters. The molecule has 1 atom stereocenters. The van der Waals surface area contributed by atoms with E-state index in [9.17, 15) is 10.1 Å². The van der Waals surface area contributed by atoms with Crippen molar-refractivity contribution in [1.82, 2.24) is 4.90 Å². The molecule has 1 spiro atoms. The fraction of sp³-hybridized carbons (Fsp3) is 0.280. The van der Waals surface area contributed by atoms with Gasteiger partial charge in [-0.1, -0.05) is 18.2 Å². The van der Waals surface area contributed by atoms with Gasteiger partial charge in [0.15, 0.2) is 11.5 Å². The molecule has 0 radical (unpaired) electrons. The number of amides is 1. The Kier molecular flexibility index (Phi) is 3.84. The van der Waals surface area contributed by atoms with Gasteiger partial charge in [-0.25, -0.2) is 0 Å². The monoisotopic (exact) mass is 426 g/mol. The van der Waals surface area contributed by atoms with E-state index < -0.39 is 5.41 Å². The number of carbonyl (C=O) groups is 1. The number of nitrogens with one attached hydrogen (secondary N) is 1. The molecule has 3 N–H and O–H groups in total. The lowest BCUT2D eigenvalue weighted by molar-refractivity contribution is -0.118. The quantitative estimate of drug-likeness (QED) is 0.672. The van der Waals surface area contributed by atoms with Crippen molar-refractivity contribution in [3.05, 3.63) is 70.1 Å². The second-order valence-electron chi connectivity index (χ2n) is 8.57. The molecular formula is C25H22N4O3. The highest BCUT2D eigenvalue weighted by Crippen LogP contribution is 2.52. The maximum absolute atomic E-state index is 13.5. The van der Waals surface area contributed by atoms with Crippen LogP contribution in [0.4, 0.5) is 5.69 Å². The smallest absolute Gasteiger partial charge is 0.244 e. The van der Waals surface area contributed by atoms with Crippen LogP contribution in [0.15, 0.2) is 47.8 Å². The molecule has 4 aliphatic rings. The first-order valence-electron chi connectivity index (χ1n) is 10.8. The van der Waals surface area contributed by atoms with E-state index in [2.05, 4.69) is 11.4 Å². The van der Waals surface area contributed by atoms with Crippen LogP contribution in [0.1, 0.15) is 28.7 Å². The summed E-state index contributed by atoms with van der Waals surface area (Å²) in [5.41, 5.74) is 10.9. The highest BCUT2D eigenvalue weighted by molar-refractivity contribution is 6.13. The Labute approximate surface area is 185 Å². The van der Waals surface area contributed by atoms with E-state index in [0.717, 1.165) is 52.2 Å². The number of para-hydroxylation sites is 1. The summed E-state index contributed by atoms with van der Waals surface area (Å²) in [5.74, 6) is 1.52. The van der Waals surface area contributed by atoms with Crippen LogP contribution in [0, 0.1) is 18.3 Å². The van der Waals surface area contributed by atoms with Crippen molar-refractivity contribution in [2.24, 2.45) is 5.73 Å². The van der Waals surface area contributed by atoms with Gasteiger partial charge in [-0.3, -0.25) is 4.79 Å². The molecule has 0 aromatic heterocycles. The number of nitrogens with two attached hydrogens (primary N) is 1. The van der Waals surface area contributed by atoms with Gasteiger partial charge in [0.25, 0.3) is 0 Å². The Hall–Kier alpha value is -3.92. The molecule has 6 rings (SSSR count). The summed E-state index contributed by atoms with van der Waals surface area (Å²) in [6.07, 6.45) is 3.48. The molecule has 1 amide bonds. The van der Waals surface area contributed by atoms with E-state index in [1.54, 1.807) is 0 Å². The average molecular weight is 426 g/mol. The SMILES string of the molecule is Cc1cccc2c1NC(=O)[C@@]21C=C2c3cc4c(cc3CCN2C(N)=C1C#N)OCCCO4. The van der Waals surface area contributed by atoms with Crippen molar-refractivity contribution in [2.45, 2.75) is 25.2 Å².